The Bertz CT molecular complexity index is 1200. The molecule has 1 fully saturated rings. The standard InChI is InChI=1S/C24H30N4O5S/c1-17-5-3-4-6-24(17)34(30,31)26-21-12-11-20(33-23(21)16-29)13-14-28-15-22(25-27-28)18-7-9-19(32-2)10-8-18/h3-10,15,20-21,23,26,29H,11-14,16H2,1-2H3/t20-,21-,23-/m1/s1. The molecule has 0 aliphatic carbocycles. The van der Waals surface area contributed by atoms with E-state index in [-0.39, 0.29) is 17.6 Å². The fourth-order valence-electron chi connectivity index (χ4n) is 4.18. The number of aliphatic hydroxyl groups excluding tert-OH is 1. The highest BCUT2D eigenvalue weighted by Gasteiger charge is 2.34. The molecule has 1 aromatic heterocycles. The van der Waals surface area contributed by atoms with E-state index in [0.717, 1.165) is 17.0 Å². The largest absolute Gasteiger partial charge is 0.497 e. The van der Waals surface area contributed by atoms with Crippen LogP contribution in [0.4, 0.5) is 0 Å². The van der Waals surface area contributed by atoms with E-state index in [0.29, 0.717) is 31.4 Å². The normalized spacial score (nSPS) is 20.9. The second-order valence-corrected chi connectivity index (χ2v) is 10.1. The minimum absolute atomic E-state index is 0.106. The Labute approximate surface area is 199 Å². The van der Waals surface area contributed by atoms with Crippen LogP contribution in [-0.2, 0) is 21.3 Å². The summed E-state index contributed by atoms with van der Waals surface area (Å²) in [7, 11) is -2.08. The Hall–Kier alpha value is -2.79. The summed E-state index contributed by atoms with van der Waals surface area (Å²) in [4.78, 5) is 0.243. The smallest absolute Gasteiger partial charge is 0.241 e. The number of benzene rings is 2. The fourth-order valence-corrected chi connectivity index (χ4v) is 5.72. The summed E-state index contributed by atoms with van der Waals surface area (Å²) < 4.78 is 41.4. The maximum absolute atomic E-state index is 12.9. The number of ether oxygens (including phenoxy) is 2. The van der Waals surface area contributed by atoms with Gasteiger partial charge in [-0.1, -0.05) is 23.4 Å². The van der Waals surface area contributed by atoms with Gasteiger partial charge in [0.05, 0.1) is 43.1 Å². The molecule has 0 bridgehead atoms. The SMILES string of the molecule is COc1ccc(-c2cn(CC[C@H]3CC[C@@H](NS(=O)(=O)c4ccccc4C)[C@@H](CO)O3)nn2)cc1. The van der Waals surface area contributed by atoms with Crippen molar-refractivity contribution in [1.29, 1.82) is 0 Å². The second kappa shape index (κ2) is 10.6. The van der Waals surface area contributed by atoms with E-state index in [1.807, 2.05) is 30.5 Å². The van der Waals surface area contributed by atoms with Gasteiger partial charge in [-0.2, -0.15) is 0 Å². The number of hydrogen-bond acceptors (Lipinski definition) is 7. The van der Waals surface area contributed by atoms with E-state index in [2.05, 4.69) is 15.0 Å². The Balaban J connectivity index is 1.33. The first-order valence-corrected chi connectivity index (χ1v) is 12.8. The van der Waals surface area contributed by atoms with Gasteiger partial charge in [0.25, 0.3) is 0 Å². The van der Waals surface area contributed by atoms with Gasteiger partial charge in [-0.3, -0.25) is 4.68 Å². The molecule has 0 spiro atoms. The van der Waals surface area contributed by atoms with E-state index in [1.54, 1.807) is 43.0 Å². The van der Waals surface area contributed by atoms with Crippen LogP contribution in [0.15, 0.2) is 59.6 Å². The maximum atomic E-state index is 12.9. The molecule has 0 unspecified atom stereocenters. The molecule has 34 heavy (non-hydrogen) atoms. The molecule has 0 amide bonds. The van der Waals surface area contributed by atoms with Crippen LogP contribution in [0.1, 0.15) is 24.8 Å². The van der Waals surface area contributed by atoms with Crippen LogP contribution < -0.4 is 9.46 Å². The van der Waals surface area contributed by atoms with Crippen molar-refractivity contribution in [3.63, 3.8) is 0 Å². The third-order valence-corrected chi connectivity index (χ3v) is 7.74. The maximum Gasteiger partial charge on any atom is 0.241 e. The van der Waals surface area contributed by atoms with E-state index >= 15 is 0 Å². The average molecular weight is 487 g/mol. The highest BCUT2D eigenvalue weighted by molar-refractivity contribution is 7.89. The van der Waals surface area contributed by atoms with Crippen molar-refractivity contribution < 1.29 is 23.0 Å². The molecule has 0 radical (unpaired) electrons. The third-order valence-electron chi connectivity index (χ3n) is 6.09. The molecule has 4 rings (SSSR count). The van der Waals surface area contributed by atoms with Crippen molar-refractivity contribution in [1.82, 2.24) is 19.7 Å². The average Bonchev–Trinajstić information content (AvgIpc) is 3.32. The lowest BCUT2D eigenvalue weighted by Gasteiger charge is -2.36. The number of sulfonamides is 1. The second-order valence-electron chi connectivity index (χ2n) is 8.43. The van der Waals surface area contributed by atoms with Crippen molar-refractivity contribution in [3.8, 4) is 17.0 Å². The van der Waals surface area contributed by atoms with Crippen molar-refractivity contribution >= 4 is 10.0 Å². The molecule has 1 aliphatic heterocycles. The van der Waals surface area contributed by atoms with Gasteiger partial charge in [-0.05, 0) is 62.1 Å². The molecular formula is C24H30N4O5S. The first-order chi connectivity index (χ1) is 16.4. The summed E-state index contributed by atoms with van der Waals surface area (Å²) in [5.74, 6) is 0.781. The van der Waals surface area contributed by atoms with E-state index in [4.69, 9.17) is 9.47 Å². The summed E-state index contributed by atoms with van der Waals surface area (Å²) in [5, 5.41) is 18.3. The molecule has 2 N–H and O–H groups in total. The van der Waals surface area contributed by atoms with Crippen LogP contribution in [-0.4, -0.2) is 60.5 Å². The molecule has 1 aliphatic rings. The molecule has 182 valence electrons. The van der Waals surface area contributed by atoms with Gasteiger partial charge in [-0.25, -0.2) is 13.1 Å². The minimum atomic E-state index is -3.71. The molecule has 3 atom stereocenters. The Morgan fingerprint density at radius 1 is 1.18 bits per heavy atom. The predicted molar refractivity (Wildman–Crippen MR) is 127 cm³/mol. The van der Waals surface area contributed by atoms with Gasteiger partial charge in [0.1, 0.15) is 11.4 Å². The van der Waals surface area contributed by atoms with Crippen LogP contribution in [0.3, 0.4) is 0 Å². The van der Waals surface area contributed by atoms with Crippen molar-refractivity contribution in [2.24, 2.45) is 0 Å². The van der Waals surface area contributed by atoms with Gasteiger partial charge in [0.2, 0.25) is 10.0 Å². The van der Waals surface area contributed by atoms with E-state index in [9.17, 15) is 13.5 Å². The molecular weight excluding hydrogens is 456 g/mol. The number of nitrogens with zero attached hydrogens (tertiary/aromatic N) is 3. The molecule has 2 heterocycles. The van der Waals surface area contributed by atoms with Gasteiger partial charge in [0, 0.05) is 12.1 Å². The van der Waals surface area contributed by atoms with Crippen LogP contribution in [0.5, 0.6) is 5.75 Å². The van der Waals surface area contributed by atoms with Gasteiger partial charge < -0.3 is 14.6 Å². The zero-order chi connectivity index (χ0) is 24.1. The Kier molecular flexibility index (Phi) is 7.62. The lowest BCUT2D eigenvalue weighted by atomic mass is 9.98. The number of aryl methyl sites for hydroxylation is 2. The lowest BCUT2D eigenvalue weighted by molar-refractivity contribution is -0.0891. The number of nitrogens with one attached hydrogen (secondary N) is 1. The third kappa shape index (κ3) is 5.64. The minimum Gasteiger partial charge on any atom is -0.497 e. The first-order valence-electron chi connectivity index (χ1n) is 11.3. The number of hydrogen-bond donors (Lipinski definition) is 2. The molecule has 10 heteroatoms. The summed E-state index contributed by atoms with van der Waals surface area (Å²) in [6, 6.07) is 14.0. The van der Waals surface area contributed by atoms with E-state index in [1.165, 1.54) is 0 Å². The predicted octanol–water partition coefficient (Wildman–Crippen LogP) is 2.54. The number of rotatable bonds is 9. The zero-order valence-electron chi connectivity index (χ0n) is 19.3. The number of aromatic nitrogens is 3. The quantitative estimate of drug-likeness (QED) is 0.478. The summed E-state index contributed by atoms with van der Waals surface area (Å²) in [6.45, 7) is 2.10. The highest BCUT2D eigenvalue weighted by atomic mass is 32.2. The van der Waals surface area contributed by atoms with Crippen LogP contribution >= 0.6 is 0 Å². The van der Waals surface area contributed by atoms with Gasteiger partial charge in [0.15, 0.2) is 0 Å². The van der Waals surface area contributed by atoms with Crippen molar-refractivity contribution in [2.75, 3.05) is 13.7 Å². The number of methoxy groups -OCH3 is 1. The molecule has 1 saturated heterocycles. The monoisotopic (exact) mass is 486 g/mol. The summed E-state index contributed by atoms with van der Waals surface area (Å²) >= 11 is 0. The van der Waals surface area contributed by atoms with Crippen molar-refractivity contribution in [2.45, 2.75) is 55.9 Å². The van der Waals surface area contributed by atoms with E-state index < -0.39 is 22.2 Å². The molecule has 9 nitrogen and oxygen atoms in total. The molecule has 3 aromatic rings. The zero-order valence-corrected chi connectivity index (χ0v) is 20.1. The summed E-state index contributed by atoms with van der Waals surface area (Å²) in [6.07, 6.45) is 3.10. The van der Waals surface area contributed by atoms with Gasteiger partial charge >= 0.3 is 0 Å². The number of aliphatic hydroxyl groups is 1. The highest BCUT2D eigenvalue weighted by Crippen LogP contribution is 2.25. The lowest BCUT2D eigenvalue weighted by Crippen LogP contribution is -2.51. The molecule has 0 saturated carbocycles. The summed E-state index contributed by atoms with van der Waals surface area (Å²) in [5.41, 5.74) is 2.39. The Morgan fingerprint density at radius 3 is 2.65 bits per heavy atom. The Morgan fingerprint density at radius 2 is 1.94 bits per heavy atom. The van der Waals surface area contributed by atoms with Gasteiger partial charge in [-0.15, -0.1) is 5.10 Å². The van der Waals surface area contributed by atoms with Crippen LogP contribution in [0.25, 0.3) is 11.3 Å². The topological polar surface area (TPSA) is 116 Å². The van der Waals surface area contributed by atoms with Crippen LogP contribution in [0, 0.1) is 6.92 Å². The fraction of sp³-hybridized carbons (Fsp3) is 0.417. The van der Waals surface area contributed by atoms with Crippen LogP contribution in [0.2, 0.25) is 0 Å². The molecule has 2 aromatic carbocycles. The first kappa shape index (κ1) is 24.3. The van der Waals surface area contributed by atoms with Crippen molar-refractivity contribution in [3.05, 3.63) is 60.3 Å².